The normalized spacial score (nSPS) is 13.2. The minimum absolute atomic E-state index is 0.135. The standard InChI is InChI=1S/C17H29N3O3/c1-7-14-13(10-19-20(14)17(4,5)6)15(21)18-9-12(16(22)23)8-11(2)3/h10-12H,7-9H2,1-6H3,(H,18,21)(H,22,23). The summed E-state index contributed by atoms with van der Waals surface area (Å²) in [5.41, 5.74) is 1.19. The molecule has 1 aromatic heterocycles. The number of rotatable bonds is 7. The van der Waals surface area contributed by atoms with E-state index in [1.165, 1.54) is 0 Å². The fraction of sp³-hybridized carbons (Fsp3) is 0.706. The van der Waals surface area contributed by atoms with E-state index in [2.05, 4.69) is 10.4 Å². The largest absolute Gasteiger partial charge is 0.481 e. The number of aromatic nitrogens is 2. The van der Waals surface area contributed by atoms with Crippen LogP contribution in [0.1, 0.15) is 64.0 Å². The molecule has 6 heteroatoms. The van der Waals surface area contributed by atoms with Crippen molar-refractivity contribution in [1.29, 1.82) is 0 Å². The lowest BCUT2D eigenvalue weighted by atomic mass is 9.97. The lowest BCUT2D eigenvalue weighted by molar-refractivity contribution is -0.142. The maximum atomic E-state index is 12.4. The molecule has 1 amide bonds. The van der Waals surface area contributed by atoms with Crippen molar-refractivity contribution < 1.29 is 14.7 Å². The highest BCUT2D eigenvalue weighted by Gasteiger charge is 2.24. The first-order valence-electron chi connectivity index (χ1n) is 8.16. The van der Waals surface area contributed by atoms with Crippen LogP contribution in [-0.2, 0) is 16.8 Å². The van der Waals surface area contributed by atoms with Crippen molar-refractivity contribution in [3.05, 3.63) is 17.5 Å². The summed E-state index contributed by atoms with van der Waals surface area (Å²) >= 11 is 0. The van der Waals surface area contributed by atoms with E-state index in [1.54, 1.807) is 6.20 Å². The molecule has 0 radical (unpaired) electrons. The number of nitrogens with one attached hydrogen (secondary N) is 1. The predicted octanol–water partition coefficient (Wildman–Crippen LogP) is 2.68. The lowest BCUT2D eigenvalue weighted by Crippen LogP contribution is -2.34. The zero-order chi connectivity index (χ0) is 17.8. The molecule has 0 spiro atoms. The molecule has 0 saturated heterocycles. The van der Waals surface area contributed by atoms with Gasteiger partial charge >= 0.3 is 5.97 Å². The van der Waals surface area contributed by atoms with Crippen molar-refractivity contribution in [2.75, 3.05) is 6.54 Å². The Morgan fingerprint density at radius 1 is 1.35 bits per heavy atom. The SMILES string of the molecule is CCc1c(C(=O)NCC(CC(C)C)C(=O)O)cnn1C(C)(C)C. The molecular weight excluding hydrogens is 294 g/mol. The smallest absolute Gasteiger partial charge is 0.308 e. The first-order valence-corrected chi connectivity index (χ1v) is 8.16. The fourth-order valence-electron chi connectivity index (χ4n) is 2.63. The van der Waals surface area contributed by atoms with E-state index in [4.69, 9.17) is 0 Å². The van der Waals surface area contributed by atoms with Gasteiger partial charge in [-0.05, 0) is 39.5 Å². The second-order valence-corrected chi connectivity index (χ2v) is 7.32. The maximum Gasteiger partial charge on any atom is 0.308 e. The van der Waals surface area contributed by atoms with Crippen molar-refractivity contribution in [1.82, 2.24) is 15.1 Å². The Labute approximate surface area is 138 Å². The zero-order valence-electron chi connectivity index (χ0n) is 15.0. The highest BCUT2D eigenvalue weighted by Crippen LogP contribution is 2.20. The highest BCUT2D eigenvalue weighted by atomic mass is 16.4. The number of carboxylic acids is 1. The first kappa shape index (κ1) is 19.2. The van der Waals surface area contributed by atoms with Crippen LogP contribution in [0.5, 0.6) is 0 Å². The van der Waals surface area contributed by atoms with Crippen LogP contribution in [0, 0.1) is 11.8 Å². The third-order valence-electron chi connectivity index (χ3n) is 3.70. The molecule has 1 heterocycles. The van der Waals surface area contributed by atoms with Gasteiger partial charge in [-0.3, -0.25) is 14.3 Å². The summed E-state index contributed by atoms with van der Waals surface area (Å²) in [7, 11) is 0. The second kappa shape index (κ2) is 7.62. The minimum atomic E-state index is -0.875. The summed E-state index contributed by atoms with van der Waals surface area (Å²) in [6.45, 7) is 12.2. The van der Waals surface area contributed by atoms with Gasteiger partial charge in [-0.1, -0.05) is 20.8 Å². The average molecular weight is 323 g/mol. The van der Waals surface area contributed by atoms with E-state index < -0.39 is 11.9 Å². The number of amides is 1. The molecular formula is C17H29N3O3. The number of carboxylic acid groups (broad SMARTS) is 1. The predicted molar refractivity (Wildman–Crippen MR) is 89.5 cm³/mol. The van der Waals surface area contributed by atoms with Crippen molar-refractivity contribution >= 4 is 11.9 Å². The number of hydrogen-bond acceptors (Lipinski definition) is 3. The quantitative estimate of drug-likeness (QED) is 0.808. The molecule has 23 heavy (non-hydrogen) atoms. The van der Waals surface area contributed by atoms with Crippen LogP contribution < -0.4 is 5.32 Å². The van der Waals surface area contributed by atoms with E-state index >= 15 is 0 Å². The topological polar surface area (TPSA) is 84.2 Å². The van der Waals surface area contributed by atoms with Crippen LogP contribution in [0.15, 0.2) is 6.20 Å². The molecule has 0 bridgehead atoms. The van der Waals surface area contributed by atoms with E-state index in [0.717, 1.165) is 5.69 Å². The molecule has 2 N–H and O–H groups in total. The van der Waals surface area contributed by atoms with Gasteiger partial charge in [0.15, 0.2) is 0 Å². The Hall–Kier alpha value is -1.85. The molecule has 1 unspecified atom stereocenters. The first-order chi connectivity index (χ1) is 10.6. The third kappa shape index (κ3) is 5.08. The van der Waals surface area contributed by atoms with E-state index in [9.17, 15) is 14.7 Å². The van der Waals surface area contributed by atoms with Crippen molar-refractivity contribution in [2.24, 2.45) is 11.8 Å². The minimum Gasteiger partial charge on any atom is -0.481 e. The van der Waals surface area contributed by atoms with Gasteiger partial charge in [0.1, 0.15) is 0 Å². The monoisotopic (exact) mass is 323 g/mol. The Kier molecular flexibility index (Phi) is 6.36. The van der Waals surface area contributed by atoms with Gasteiger partial charge in [0.25, 0.3) is 5.91 Å². The van der Waals surface area contributed by atoms with Gasteiger partial charge in [-0.2, -0.15) is 5.10 Å². The molecule has 130 valence electrons. The van der Waals surface area contributed by atoms with Crippen molar-refractivity contribution in [3.8, 4) is 0 Å². The molecule has 0 aliphatic heterocycles. The van der Waals surface area contributed by atoms with Crippen LogP contribution in [0.25, 0.3) is 0 Å². The van der Waals surface area contributed by atoms with Gasteiger partial charge in [-0.15, -0.1) is 0 Å². The molecule has 0 aliphatic carbocycles. The molecule has 0 aromatic carbocycles. The summed E-state index contributed by atoms with van der Waals surface area (Å²) in [6, 6.07) is 0. The van der Waals surface area contributed by atoms with Crippen LogP contribution in [0.2, 0.25) is 0 Å². The number of aliphatic carboxylic acids is 1. The van der Waals surface area contributed by atoms with Crippen LogP contribution in [-0.4, -0.2) is 33.3 Å². The van der Waals surface area contributed by atoms with E-state index in [1.807, 2.05) is 46.2 Å². The van der Waals surface area contributed by atoms with Gasteiger partial charge in [0, 0.05) is 6.54 Å². The summed E-state index contributed by atoms with van der Waals surface area (Å²) in [4.78, 5) is 23.7. The molecule has 1 aromatic rings. The molecule has 0 aliphatic rings. The summed E-state index contributed by atoms with van der Waals surface area (Å²) in [6.07, 6.45) is 2.80. The van der Waals surface area contributed by atoms with E-state index in [-0.39, 0.29) is 23.9 Å². The summed E-state index contributed by atoms with van der Waals surface area (Å²) in [5, 5.41) is 16.3. The number of hydrogen-bond donors (Lipinski definition) is 2. The van der Waals surface area contributed by atoms with Crippen LogP contribution >= 0.6 is 0 Å². The van der Waals surface area contributed by atoms with Gasteiger partial charge < -0.3 is 10.4 Å². The Morgan fingerprint density at radius 2 is 1.96 bits per heavy atom. The van der Waals surface area contributed by atoms with Crippen molar-refractivity contribution in [3.63, 3.8) is 0 Å². The lowest BCUT2D eigenvalue weighted by Gasteiger charge is -2.22. The van der Waals surface area contributed by atoms with Crippen LogP contribution in [0.4, 0.5) is 0 Å². The average Bonchev–Trinajstić information content (AvgIpc) is 2.86. The van der Waals surface area contributed by atoms with Gasteiger partial charge in [-0.25, -0.2) is 0 Å². The van der Waals surface area contributed by atoms with Gasteiger partial charge in [0.05, 0.1) is 28.9 Å². The molecule has 0 saturated carbocycles. The molecule has 1 atom stereocenters. The molecule has 6 nitrogen and oxygen atoms in total. The Morgan fingerprint density at radius 3 is 2.39 bits per heavy atom. The third-order valence-corrected chi connectivity index (χ3v) is 3.70. The van der Waals surface area contributed by atoms with E-state index in [0.29, 0.717) is 18.4 Å². The second-order valence-electron chi connectivity index (χ2n) is 7.32. The number of nitrogens with zero attached hydrogens (tertiary/aromatic N) is 2. The molecule has 1 rings (SSSR count). The van der Waals surface area contributed by atoms with Crippen molar-refractivity contribution in [2.45, 2.75) is 59.9 Å². The Balaban J connectivity index is 2.86. The Bertz CT molecular complexity index is 556. The van der Waals surface area contributed by atoms with Crippen LogP contribution in [0.3, 0.4) is 0 Å². The fourth-order valence-corrected chi connectivity index (χ4v) is 2.63. The zero-order valence-corrected chi connectivity index (χ0v) is 15.0. The number of carbonyl (C=O) groups excluding carboxylic acids is 1. The molecule has 0 fully saturated rings. The van der Waals surface area contributed by atoms with Gasteiger partial charge in [0.2, 0.25) is 0 Å². The highest BCUT2D eigenvalue weighted by molar-refractivity contribution is 5.95. The summed E-state index contributed by atoms with van der Waals surface area (Å²) < 4.78 is 1.85. The maximum absolute atomic E-state index is 12.4. The summed E-state index contributed by atoms with van der Waals surface area (Å²) in [5.74, 6) is -1.43. The number of carbonyl (C=O) groups is 2.